The Morgan fingerprint density at radius 2 is 2.11 bits per heavy atom. The van der Waals surface area contributed by atoms with Crippen molar-refractivity contribution >= 4 is 0 Å². The van der Waals surface area contributed by atoms with E-state index in [0.29, 0.717) is 6.04 Å². The van der Waals surface area contributed by atoms with Crippen molar-refractivity contribution in [2.75, 3.05) is 0 Å². The molecule has 0 spiro atoms. The lowest BCUT2D eigenvalue weighted by Gasteiger charge is -2.28. The van der Waals surface area contributed by atoms with Crippen molar-refractivity contribution in [3.8, 4) is 0 Å². The van der Waals surface area contributed by atoms with Crippen molar-refractivity contribution in [3.05, 3.63) is 29.6 Å². The first-order valence-electron chi connectivity index (χ1n) is 6.63. The molecule has 0 saturated carbocycles. The quantitative estimate of drug-likeness (QED) is 0.893. The molecule has 1 aliphatic heterocycles. The van der Waals surface area contributed by atoms with Crippen molar-refractivity contribution in [1.29, 1.82) is 0 Å². The highest BCUT2D eigenvalue weighted by Gasteiger charge is 2.45. The molecule has 1 aliphatic rings. The molecule has 1 saturated heterocycles. The molecule has 3 heteroatoms. The Labute approximate surface area is 110 Å². The van der Waals surface area contributed by atoms with Crippen LogP contribution in [-0.2, 0) is 11.3 Å². The Bertz CT molecular complexity index is 426. The molecule has 18 heavy (non-hydrogen) atoms. The normalized spacial score (nSPS) is 25.3. The van der Waals surface area contributed by atoms with E-state index in [2.05, 4.69) is 51.0 Å². The summed E-state index contributed by atoms with van der Waals surface area (Å²) in [6.07, 6.45) is 4.81. The maximum absolute atomic E-state index is 6.09. The molecule has 1 aromatic heterocycles. The van der Waals surface area contributed by atoms with Gasteiger partial charge in [-0.1, -0.05) is 0 Å². The van der Waals surface area contributed by atoms with Gasteiger partial charge >= 0.3 is 0 Å². The average Bonchev–Trinajstić information content (AvgIpc) is 2.45. The van der Waals surface area contributed by atoms with E-state index in [-0.39, 0.29) is 11.2 Å². The minimum Gasteiger partial charge on any atom is -0.368 e. The van der Waals surface area contributed by atoms with Crippen LogP contribution in [0.5, 0.6) is 0 Å². The summed E-state index contributed by atoms with van der Waals surface area (Å²) >= 11 is 0. The third-order valence-corrected chi connectivity index (χ3v) is 3.75. The third kappa shape index (κ3) is 2.90. The number of pyridine rings is 1. The van der Waals surface area contributed by atoms with Crippen molar-refractivity contribution in [3.63, 3.8) is 0 Å². The molecule has 1 atom stereocenters. The number of nitrogens with one attached hydrogen (secondary N) is 1. The maximum atomic E-state index is 6.09. The molecule has 3 nitrogen and oxygen atoms in total. The molecule has 0 amide bonds. The Hall–Kier alpha value is -0.930. The molecule has 0 aliphatic carbocycles. The predicted molar refractivity (Wildman–Crippen MR) is 73.5 cm³/mol. The van der Waals surface area contributed by atoms with Gasteiger partial charge < -0.3 is 10.1 Å². The van der Waals surface area contributed by atoms with Crippen molar-refractivity contribution in [2.45, 2.75) is 64.8 Å². The summed E-state index contributed by atoms with van der Waals surface area (Å²) in [7, 11) is 0. The number of hydrogen-bond acceptors (Lipinski definition) is 3. The lowest BCUT2D eigenvalue weighted by atomic mass is 9.94. The summed E-state index contributed by atoms with van der Waals surface area (Å²) in [6, 6.07) is 2.47. The van der Waals surface area contributed by atoms with E-state index in [9.17, 15) is 0 Å². The molecule has 100 valence electrons. The van der Waals surface area contributed by atoms with E-state index in [4.69, 9.17) is 4.74 Å². The largest absolute Gasteiger partial charge is 0.368 e. The lowest BCUT2D eigenvalue weighted by molar-refractivity contribution is -0.0699. The van der Waals surface area contributed by atoms with Crippen LogP contribution < -0.4 is 5.32 Å². The second-order valence-corrected chi connectivity index (χ2v) is 6.40. The molecule has 2 rings (SSSR count). The van der Waals surface area contributed by atoms with Crippen molar-refractivity contribution < 1.29 is 4.74 Å². The highest BCUT2D eigenvalue weighted by atomic mass is 16.5. The maximum Gasteiger partial charge on any atom is 0.0787 e. The van der Waals surface area contributed by atoms with Crippen molar-refractivity contribution in [2.24, 2.45) is 0 Å². The fourth-order valence-corrected chi connectivity index (χ4v) is 2.81. The van der Waals surface area contributed by atoms with Gasteiger partial charge in [-0.2, -0.15) is 0 Å². The molecule has 1 N–H and O–H groups in total. The zero-order chi connectivity index (χ0) is 13.4. The van der Waals surface area contributed by atoms with Gasteiger partial charge in [0.05, 0.1) is 11.2 Å². The number of nitrogens with zero attached hydrogens (tertiary/aromatic N) is 1. The summed E-state index contributed by atoms with van der Waals surface area (Å²) in [4.78, 5) is 4.12. The zero-order valence-corrected chi connectivity index (χ0v) is 12.1. The highest BCUT2D eigenvalue weighted by Crippen LogP contribution is 2.37. The van der Waals surface area contributed by atoms with E-state index >= 15 is 0 Å². The molecule has 1 unspecified atom stereocenters. The van der Waals surface area contributed by atoms with E-state index in [1.165, 1.54) is 11.1 Å². The Morgan fingerprint density at radius 1 is 1.39 bits per heavy atom. The summed E-state index contributed by atoms with van der Waals surface area (Å²) in [5.41, 5.74) is 2.41. The van der Waals surface area contributed by atoms with Crippen molar-refractivity contribution in [1.82, 2.24) is 10.3 Å². The number of aryl methyl sites for hydroxylation is 1. The fourth-order valence-electron chi connectivity index (χ4n) is 2.81. The van der Waals surface area contributed by atoms with Crippen LogP contribution in [0.15, 0.2) is 18.5 Å². The van der Waals surface area contributed by atoms with Crippen LogP contribution in [-0.4, -0.2) is 22.2 Å². The molecule has 0 radical (unpaired) electrons. The fraction of sp³-hybridized carbons (Fsp3) is 0.667. The molecule has 2 heterocycles. The number of hydrogen-bond donors (Lipinski definition) is 1. The number of aromatic nitrogens is 1. The molecular formula is C15H24N2O. The Morgan fingerprint density at radius 3 is 2.67 bits per heavy atom. The summed E-state index contributed by atoms with van der Waals surface area (Å²) in [6.45, 7) is 11.6. The molecule has 1 fully saturated rings. The minimum absolute atomic E-state index is 0.0333. The highest BCUT2D eigenvalue weighted by molar-refractivity contribution is 5.21. The number of rotatable bonds is 3. The first-order valence-corrected chi connectivity index (χ1v) is 6.63. The Balaban J connectivity index is 2.01. The summed E-state index contributed by atoms with van der Waals surface area (Å²) < 4.78 is 6.09. The van der Waals surface area contributed by atoms with Gasteiger partial charge in [-0.05, 0) is 58.2 Å². The van der Waals surface area contributed by atoms with E-state index < -0.39 is 0 Å². The lowest BCUT2D eigenvalue weighted by Crippen LogP contribution is -2.43. The van der Waals surface area contributed by atoms with Crippen LogP contribution in [0.25, 0.3) is 0 Å². The van der Waals surface area contributed by atoms with Gasteiger partial charge in [0.25, 0.3) is 0 Å². The van der Waals surface area contributed by atoms with Crippen LogP contribution in [0.3, 0.4) is 0 Å². The molecule has 0 aromatic carbocycles. The van der Waals surface area contributed by atoms with E-state index in [1.807, 2.05) is 12.4 Å². The smallest absolute Gasteiger partial charge is 0.0787 e. The Kier molecular flexibility index (Phi) is 3.47. The summed E-state index contributed by atoms with van der Waals surface area (Å²) in [5.74, 6) is 0. The summed E-state index contributed by atoms with van der Waals surface area (Å²) in [5, 5.41) is 3.63. The van der Waals surface area contributed by atoms with Crippen LogP contribution in [0.2, 0.25) is 0 Å². The van der Waals surface area contributed by atoms with Gasteiger partial charge in [0, 0.05) is 25.0 Å². The second-order valence-electron chi connectivity index (χ2n) is 6.40. The average molecular weight is 248 g/mol. The molecule has 1 aromatic rings. The third-order valence-electron chi connectivity index (χ3n) is 3.75. The van der Waals surface area contributed by atoms with Crippen LogP contribution in [0.1, 0.15) is 45.2 Å². The predicted octanol–water partition coefficient (Wildman–Crippen LogP) is 2.83. The number of ether oxygens (including phenoxy) is 1. The standard InChI is InChI=1S/C15H24N2O/c1-11-9-16-7-6-12(11)10-17-13-8-14(2,3)18-15(13,4)5/h6-7,9,13,17H,8,10H2,1-5H3. The second kappa shape index (κ2) is 4.63. The molecule has 0 bridgehead atoms. The van der Waals surface area contributed by atoms with E-state index in [1.54, 1.807) is 0 Å². The first-order chi connectivity index (χ1) is 8.30. The SMILES string of the molecule is Cc1cnccc1CNC1CC(C)(C)OC1(C)C. The van der Waals surface area contributed by atoms with Crippen LogP contribution in [0.4, 0.5) is 0 Å². The van der Waals surface area contributed by atoms with Gasteiger partial charge in [0.2, 0.25) is 0 Å². The van der Waals surface area contributed by atoms with Gasteiger partial charge in [0.1, 0.15) is 0 Å². The first kappa shape index (κ1) is 13.5. The monoisotopic (exact) mass is 248 g/mol. The minimum atomic E-state index is -0.107. The van der Waals surface area contributed by atoms with Crippen LogP contribution >= 0.6 is 0 Å². The van der Waals surface area contributed by atoms with Gasteiger partial charge in [-0.25, -0.2) is 0 Å². The topological polar surface area (TPSA) is 34.2 Å². The van der Waals surface area contributed by atoms with Crippen LogP contribution in [0, 0.1) is 6.92 Å². The zero-order valence-electron chi connectivity index (χ0n) is 12.1. The van der Waals surface area contributed by atoms with E-state index in [0.717, 1.165) is 13.0 Å². The van der Waals surface area contributed by atoms with Gasteiger partial charge in [-0.3, -0.25) is 4.98 Å². The van der Waals surface area contributed by atoms with Gasteiger partial charge in [0.15, 0.2) is 0 Å². The molecular weight excluding hydrogens is 224 g/mol. The van der Waals surface area contributed by atoms with Gasteiger partial charge in [-0.15, -0.1) is 0 Å².